The molecule has 2 rings (SSSR count). The Morgan fingerprint density at radius 2 is 1.90 bits per heavy atom. The van der Waals surface area contributed by atoms with Crippen molar-refractivity contribution in [3.05, 3.63) is 24.3 Å². The molecular formula is C15H27NO3S. The van der Waals surface area contributed by atoms with Crippen molar-refractivity contribution in [2.24, 2.45) is 0 Å². The van der Waals surface area contributed by atoms with Gasteiger partial charge in [0.25, 0.3) is 0 Å². The van der Waals surface area contributed by atoms with Crippen molar-refractivity contribution in [1.29, 1.82) is 0 Å². The van der Waals surface area contributed by atoms with Gasteiger partial charge in [-0.05, 0) is 49.3 Å². The fraction of sp³-hybridized carbons (Fsp3) is 0.600. The van der Waals surface area contributed by atoms with Crippen molar-refractivity contribution in [3.63, 3.8) is 0 Å². The van der Waals surface area contributed by atoms with E-state index in [4.69, 9.17) is 15.6 Å². The molecule has 4 N–H and O–H groups in total. The SMILES string of the molecule is CC.Nc1ccc(O)cc1.OC1CCOC(CCS)C1. The molecule has 5 heteroatoms. The van der Waals surface area contributed by atoms with E-state index in [0.717, 1.165) is 25.0 Å². The van der Waals surface area contributed by atoms with Gasteiger partial charge in [-0.3, -0.25) is 0 Å². The number of nitrogen functional groups attached to an aromatic ring is 1. The zero-order valence-corrected chi connectivity index (χ0v) is 13.2. The number of rotatable bonds is 2. The number of phenols is 1. The van der Waals surface area contributed by atoms with E-state index >= 15 is 0 Å². The van der Waals surface area contributed by atoms with E-state index in [-0.39, 0.29) is 18.0 Å². The summed E-state index contributed by atoms with van der Waals surface area (Å²) in [6.45, 7) is 4.71. The summed E-state index contributed by atoms with van der Waals surface area (Å²) in [5, 5.41) is 17.9. The largest absolute Gasteiger partial charge is 0.508 e. The van der Waals surface area contributed by atoms with Gasteiger partial charge in [0.05, 0.1) is 12.2 Å². The second kappa shape index (κ2) is 11.9. The van der Waals surface area contributed by atoms with E-state index in [1.165, 1.54) is 0 Å². The maximum absolute atomic E-state index is 9.20. The molecular weight excluding hydrogens is 274 g/mol. The van der Waals surface area contributed by atoms with Crippen LogP contribution in [0.4, 0.5) is 5.69 Å². The van der Waals surface area contributed by atoms with Gasteiger partial charge < -0.3 is 20.7 Å². The highest BCUT2D eigenvalue weighted by Gasteiger charge is 2.19. The van der Waals surface area contributed by atoms with E-state index < -0.39 is 0 Å². The second-order valence-corrected chi connectivity index (χ2v) is 4.72. The van der Waals surface area contributed by atoms with Crippen molar-refractivity contribution in [2.75, 3.05) is 18.1 Å². The fourth-order valence-electron chi connectivity index (χ4n) is 1.68. The standard InChI is InChI=1S/C7H14O2S.C6H7NO.C2H6/c8-6-1-3-9-7(5-6)2-4-10;7-5-1-3-6(8)4-2-5;1-2/h6-8,10H,1-5H2;1-4,8H,7H2;1-2H3. The molecule has 0 aromatic heterocycles. The van der Waals surface area contributed by atoms with E-state index in [0.29, 0.717) is 12.3 Å². The topological polar surface area (TPSA) is 75.7 Å². The second-order valence-electron chi connectivity index (χ2n) is 4.27. The minimum Gasteiger partial charge on any atom is -0.508 e. The third kappa shape index (κ3) is 9.07. The summed E-state index contributed by atoms with van der Waals surface area (Å²) in [7, 11) is 0. The van der Waals surface area contributed by atoms with Crippen LogP contribution in [0.2, 0.25) is 0 Å². The first-order chi connectivity index (χ1) is 9.61. The van der Waals surface area contributed by atoms with Crippen LogP contribution in [0.1, 0.15) is 33.1 Å². The van der Waals surface area contributed by atoms with Crippen LogP contribution in [0.5, 0.6) is 5.75 Å². The van der Waals surface area contributed by atoms with Gasteiger partial charge in [0.2, 0.25) is 0 Å². The lowest BCUT2D eigenvalue weighted by Gasteiger charge is -2.25. The van der Waals surface area contributed by atoms with Crippen molar-refractivity contribution in [3.8, 4) is 5.75 Å². The predicted octanol–water partition coefficient (Wildman–Crippen LogP) is 2.85. The molecule has 0 radical (unpaired) electrons. The lowest BCUT2D eigenvalue weighted by atomic mass is 10.0. The number of aromatic hydroxyl groups is 1. The molecule has 1 aliphatic heterocycles. The molecule has 0 saturated carbocycles. The lowest BCUT2D eigenvalue weighted by Crippen LogP contribution is -2.28. The van der Waals surface area contributed by atoms with Crippen molar-refractivity contribution < 1.29 is 14.9 Å². The van der Waals surface area contributed by atoms with E-state index in [9.17, 15) is 5.11 Å². The maximum atomic E-state index is 9.20. The molecule has 0 bridgehead atoms. The molecule has 1 aromatic carbocycles. The molecule has 1 aliphatic rings. The first kappa shape index (κ1) is 19.1. The van der Waals surface area contributed by atoms with Crippen molar-refractivity contribution >= 4 is 18.3 Å². The zero-order chi connectivity index (χ0) is 15.4. The quantitative estimate of drug-likeness (QED) is 0.385. The minimum atomic E-state index is -0.140. The van der Waals surface area contributed by atoms with E-state index in [2.05, 4.69) is 12.6 Å². The van der Waals surface area contributed by atoms with Crippen molar-refractivity contribution in [1.82, 2.24) is 0 Å². The summed E-state index contributed by atoms with van der Waals surface area (Å²) in [5.74, 6) is 1.09. The summed E-state index contributed by atoms with van der Waals surface area (Å²) in [6, 6.07) is 6.40. The summed E-state index contributed by atoms with van der Waals surface area (Å²) < 4.78 is 5.38. The average molecular weight is 301 g/mol. The summed E-state index contributed by atoms with van der Waals surface area (Å²) in [4.78, 5) is 0. The Hall–Kier alpha value is -0.910. The number of hydrogen-bond donors (Lipinski definition) is 4. The number of hydrogen-bond acceptors (Lipinski definition) is 5. The molecule has 1 fully saturated rings. The predicted molar refractivity (Wildman–Crippen MR) is 87.3 cm³/mol. The molecule has 0 spiro atoms. The van der Waals surface area contributed by atoms with Gasteiger partial charge in [-0.2, -0.15) is 12.6 Å². The Morgan fingerprint density at radius 1 is 1.30 bits per heavy atom. The number of aliphatic hydroxyl groups is 1. The van der Waals surface area contributed by atoms with Gasteiger partial charge in [-0.15, -0.1) is 0 Å². The van der Waals surface area contributed by atoms with Crippen LogP contribution < -0.4 is 5.73 Å². The van der Waals surface area contributed by atoms with Gasteiger partial charge in [0, 0.05) is 12.3 Å². The number of benzene rings is 1. The van der Waals surface area contributed by atoms with Crippen LogP contribution in [0.15, 0.2) is 24.3 Å². The number of anilines is 1. The van der Waals surface area contributed by atoms with Crippen LogP contribution in [0, 0.1) is 0 Å². The Bertz CT molecular complexity index is 309. The highest BCUT2D eigenvalue weighted by molar-refractivity contribution is 7.80. The monoisotopic (exact) mass is 301 g/mol. The summed E-state index contributed by atoms with van der Waals surface area (Å²) >= 11 is 4.10. The molecule has 20 heavy (non-hydrogen) atoms. The summed E-state index contributed by atoms with van der Waals surface area (Å²) in [5.41, 5.74) is 5.98. The zero-order valence-electron chi connectivity index (χ0n) is 12.3. The molecule has 1 saturated heterocycles. The molecule has 4 nitrogen and oxygen atoms in total. The number of ether oxygens (including phenoxy) is 1. The van der Waals surface area contributed by atoms with Crippen LogP contribution >= 0.6 is 12.6 Å². The van der Waals surface area contributed by atoms with Crippen LogP contribution in [-0.4, -0.2) is 34.8 Å². The Balaban J connectivity index is 0.000000327. The van der Waals surface area contributed by atoms with Gasteiger partial charge >= 0.3 is 0 Å². The van der Waals surface area contributed by atoms with Gasteiger partial charge in [-0.1, -0.05) is 13.8 Å². The number of aliphatic hydroxyl groups excluding tert-OH is 1. The molecule has 116 valence electrons. The Morgan fingerprint density at radius 3 is 2.35 bits per heavy atom. The third-order valence-electron chi connectivity index (χ3n) is 2.68. The molecule has 2 atom stereocenters. The molecule has 0 amide bonds. The third-order valence-corrected chi connectivity index (χ3v) is 2.94. The summed E-state index contributed by atoms with van der Waals surface area (Å²) in [6.07, 6.45) is 2.66. The Kier molecular flexibility index (Phi) is 11.3. The smallest absolute Gasteiger partial charge is 0.115 e. The van der Waals surface area contributed by atoms with Crippen LogP contribution in [0.25, 0.3) is 0 Å². The van der Waals surface area contributed by atoms with Gasteiger partial charge in [-0.25, -0.2) is 0 Å². The normalized spacial score (nSPS) is 21.0. The van der Waals surface area contributed by atoms with Gasteiger partial charge in [0.15, 0.2) is 0 Å². The first-order valence-corrected chi connectivity index (χ1v) is 7.70. The van der Waals surface area contributed by atoms with E-state index in [1.807, 2.05) is 13.8 Å². The lowest BCUT2D eigenvalue weighted by molar-refractivity contribution is -0.0435. The van der Waals surface area contributed by atoms with Crippen LogP contribution in [0.3, 0.4) is 0 Å². The average Bonchev–Trinajstić information content (AvgIpc) is 2.46. The van der Waals surface area contributed by atoms with Crippen LogP contribution in [-0.2, 0) is 4.74 Å². The number of thiol groups is 1. The fourth-order valence-corrected chi connectivity index (χ4v) is 1.97. The molecule has 1 heterocycles. The van der Waals surface area contributed by atoms with E-state index in [1.54, 1.807) is 24.3 Å². The molecule has 1 aromatic rings. The highest BCUT2D eigenvalue weighted by atomic mass is 32.1. The molecule has 0 aliphatic carbocycles. The number of nitrogens with two attached hydrogens (primary N) is 1. The minimum absolute atomic E-state index is 0.140. The Labute approximate surface area is 127 Å². The highest BCUT2D eigenvalue weighted by Crippen LogP contribution is 2.16. The van der Waals surface area contributed by atoms with Gasteiger partial charge in [0.1, 0.15) is 5.75 Å². The first-order valence-electron chi connectivity index (χ1n) is 7.07. The molecule has 2 unspecified atom stereocenters. The maximum Gasteiger partial charge on any atom is 0.115 e. The number of phenolic OH excluding ortho intramolecular Hbond substituents is 1. The van der Waals surface area contributed by atoms with Crippen molar-refractivity contribution in [2.45, 2.75) is 45.3 Å².